The van der Waals surface area contributed by atoms with E-state index in [9.17, 15) is 0 Å². The van der Waals surface area contributed by atoms with Crippen LogP contribution in [0.4, 0.5) is 0 Å². The Hall–Kier alpha value is 0.583. The van der Waals surface area contributed by atoms with Gasteiger partial charge in [0.2, 0.25) is 0 Å². The zero-order chi connectivity index (χ0) is 4.12. The first-order valence-corrected chi connectivity index (χ1v) is 2.65. The third-order valence-electron chi connectivity index (χ3n) is 0.246. The molecule has 0 aromatic rings. The fourth-order valence-corrected chi connectivity index (χ4v) is 0.427. The van der Waals surface area contributed by atoms with Crippen molar-refractivity contribution in [3.63, 3.8) is 0 Å². The molecule has 0 spiro atoms. The molecular weight excluding hydrogens is 141 g/mol. The molecule has 0 saturated carbocycles. The van der Waals surface area contributed by atoms with E-state index in [1.54, 1.807) is 0 Å². The van der Waals surface area contributed by atoms with Crippen molar-refractivity contribution in [1.82, 2.24) is 3.26 Å². The molecule has 0 fully saturated rings. The zero-order valence-electron chi connectivity index (χ0n) is 2.99. The molecule has 0 radical (unpaired) electrons. The molecule has 0 saturated heterocycles. The second-order valence-electron chi connectivity index (χ2n) is 0.670. The van der Waals surface area contributed by atoms with Crippen LogP contribution < -0.4 is 3.26 Å². The van der Waals surface area contributed by atoms with Gasteiger partial charge in [-0.15, -0.1) is 0 Å². The molecule has 0 amide bonds. The Balaban J connectivity index is 2.40. The molecule has 27 valence electrons. The Bertz CT molecular complexity index is 28.1. The first kappa shape index (κ1) is 5.58. The molecule has 0 bridgehead atoms. The summed E-state index contributed by atoms with van der Waals surface area (Å²) < 4.78 is 2.99. The average molecular weight is 147 g/mol. The second-order valence-corrected chi connectivity index (χ2v) is 1.54. The van der Waals surface area contributed by atoms with Crippen molar-refractivity contribution >= 4 is 0 Å². The van der Waals surface area contributed by atoms with Crippen molar-refractivity contribution in [1.29, 1.82) is 0 Å². The number of hydrogen-bond donors (Lipinski definition) is 1. The molecule has 2 heteroatoms. The van der Waals surface area contributed by atoms with E-state index in [0.717, 1.165) is 6.54 Å². The molecule has 5 heavy (non-hydrogen) atoms. The van der Waals surface area contributed by atoms with E-state index in [2.05, 4.69) is 9.84 Å². The quantitative estimate of drug-likeness (QED) is 0.551. The average Bonchev–Trinajstić information content (AvgIpc) is 1.41. The fraction of sp³-hybridized carbons (Fsp3) is 0.333. The van der Waals surface area contributed by atoms with E-state index in [1.807, 2.05) is 6.08 Å². The van der Waals surface area contributed by atoms with Crippen molar-refractivity contribution in [2.75, 3.05) is 6.54 Å². The summed E-state index contributed by atoms with van der Waals surface area (Å²) in [5, 5.41) is 0. The predicted octanol–water partition coefficient (Wildman–Crippen LogP) is 0.224. The summed E-state index contributed by atoms with van der Waals surface area (Å²) in [5.74, 6) is 0. The van der Waals surface area contributed by atoms with E-state index in [4.69, 9.17) is 0 Å². The van der Waals surface area contributed by atoms with Gasteiger partial charge in [0.15, 0.2) is 0 Å². The third-order valence-corrected chi connectivity index (χ3v) is 0.748. The van der Waals surface area contributed by atoms with E-state index in [-0.39, 0.29) is 0 Å². The Kier molecular flexibility index (Phi) is 5.12. The van der Waals surface area contributed by atoms with E-state index in [0.29, 0.717) is 0 Å². The summed E-state index contributed by atoms with van der Waals surface area (Å²) in [4.78, 5) is 0. The van der Waals surface area contributed by atoms with Crippen LogP contribution in [0.15, 0.2) is 12.7 Å². The second kappa shape index (κ2) is 4.58. The summed E-state index contributed by atoms with van der Waals surface area (Å²) in [5.41, 5.74) is 0. The van der Waals surface area contributed by atoms with Crippen molar-refractivity contribution in [2.45, 2.75) is 0 Å². The van der Waals surface area contributed by atoms with Crippen LogP contribution in [-0.2, 0) is 25.0 Å². The van der Waals surface area contributed by atoms with Crippen molar-refractivity contribution in [3.8, 4) is 0 Å². The van der Waals surface area contributed by atoms with Crippen LogP contribution >= 0.6 is 0 Å². The molecule has 0 rings (SSSR count). The molecule has 0 aromatic heterocycles. The summed E-state index contributed by atoms with van der Waals surface area (Å²) >= 11 is 1.36. The summed E-state index contributed by atoms with van der Waals surface area (Å²) in [7, 11) is 0. The molecule has 0 unspecified atom stereocenters. The standard InChI is InChI=1S/C3H6N.Zr/c1-2-3-4;/h2,4H,1,3H2;/q-1;+1. The normalized spacial score (nSPS) is 7.00. The zero-order valence-corrected chi connectivity index (χ0v) is 5.45. The maximum atomic E-state index is 3.50. The fourth-order valence-electron chi connectivity index (χ4n) is 0.0722. The van der Waals surface area contributed by atoms with Crippen LogP contribution in [0.25, 0.3) is 0 Å². The Morgan fingerprint density at radius 3 is 2.60 bits per heavy atom. The van der Waals surface area contributed by atoms with Crippen LogP contribution in [0.2, 0.25) is 0 Å². The van der Waals surface area contributed by atoms with Gasteiger partial charge in [-0.1, -0.05) is 0 Å². The first-order valence-electron chi connectivity index (χ1n) is 1.42. The van der Waals surface area contributed by atoms with Crippen LogP contribution in [0.3, 0.4) is 0 Å². The molecule has 0 aliphatic rings. The van der Waals surface area contributed by atoms with Crippen LogP contribution in [-0.4, -0.2) is 6.54 Å². The monoisotopic (exact) mass is 146 g/mol. The van der Waals surface area contributed by atoms with Gasteiger partial charge in [-0.3, -0.25) is 0 Å². The molecule has 0 atom stereocenters. The molecule has 0 aliphatic carbocycles. The van der Waals surface area contributed by atoms with Crippen molar-refractivity contribution < 1.29 is 25.0 Å². The van der Waals surface area contributed by atoms with Gasteiger partial charge in [-0.25, -0.2) is 0 Å². The number of nitrogens with one attached hydrogen (secondary N) is 1. The van der Waals surface area contributed by atoms with Crippen molar-refractivity contribution in [2.24, 2.45) is 0 Å². The van der Waals surface area contributed by atoms with Crippen LogP contribution in [0.5, 0.6) is 0 Å². The predicted molar refractivity (Wildman–Crippen MR) is 18.2 cm³/mol. The summed E-state index contributed by atoms with van der Waals surface area (Å²) in [6.07, 6.45) is 1.84. The Morgan fingerprint density at radius 2 is 2.60 bits per heavy atom. The molecule has 0 aromatic carbocycles. The SMILES string of the molecule is C=CC[NH][Zr]. The molecule has 0 heterocycles. The summed E-state index contributed by atoms with van der Waals surface area (Å²) in [6, 6.07) is 0. The van der Waals surface area contributed by atoms with Gasteiger partial charge >= 0.3 is 47.5 Å². The van der Waals surface area contributed by atoms with E-state index in [1.165, 1.54) is 25.0 Å². The maximum absolute atomic E-state index is 3.50. The van der Waals surface area contributed by atoms with Gasteiger partial charge in [0.25, 0.3) is 0 Å². The number of rotatable bonds is 2. The van der Waals surface area contributed by atoms with Gasteiger partial charge in [0.05, 0.1) is 0 Å². The van der Waals surface area contributed by atoms with Gasteiger partial charge < -0.3 is 0 Å². The first-order chi connectivity index (χ1) is 2.41. The Labute approximate surface area is 47.7 Å². The van der Waals surface area contributed by atoms with Gasteiger partial charge in [0, 0.05) is 0 Å². The topological polar surface area (TPSA) is 12.0 Å². The molecular formula is C3H6NZr. The number of hydrogen-bond acceptors (Lipinski definition) is 1. The summed E-state index contributed by atoms with van der Waals surface area (Å²) in [6.45, 7) is 4.45. The van der Waals surface area contributed by atoms with E-state index < -0.39 is 0 Å². The third kappa shape index (κ3) is 4.58. The van der Waals surface area contributed by atoms with Crippen molar-refractivity contribution in [3.05, 3.63) is 12.7 Å². The molecule has 1 nitrogen and oxygen atoms in total. The minimum atomic E-state index is 0.943. The van der Waals surface area contributed by atoms with Gasteiger partial charge in [-0.2, -0.15) is 0 Å². The van der Waals surface area contributed by atoms with E-state index >= 15 is 0 Å². The van der Waals surface area contributed by atoms with Gasteiger partial charge in [0.1, 0.15) is 0 Å². The van der Waals surface area contributed by atoms with Crippen LogP contribution in [0, 0.1) is 0 Å². The molecule has 1 N–H and O–H groups in total. The Morgan fingerprint density at radius 1 is 2.00 bits per heavy atom. The van der Waals surface area contributed by atoms with Crippen LogP contribution in [0.1, 0.15) is 0 Å². The van der Waals surface area contributed by atoms with Gasteiger partial charge in [-0.05, 0) is 0 Å². The minimum absolute atomic E-state index is 0.943. The molecule has 0 aliphatic heterocycles.